The number of para-hydroxylation sites is 1. The summed E-state index contributed by atoms with van der Waals surface area (Å²) in [4.78, 5) is 12.4. The fraction of sp³-hybridized carbons (Fsp3) is 0.0435. The van der Waals surface area contributed by atoms with Crippen molar-refractivity contribution in [2.75, 3.05) is 10.1 Å². The number of sulfonamides is 1. The molecule has 0 bridgehead atoms. The molecule has 34 heavy (non-hydrogen) atoms. The predicted molar refractivity (Wildman–Crippen MR) is 132 cm³/mol. The van der Waals surface area contributed by atoms with E-state index in [-0.39, 0.29) is 10.8 Å². The van der Waals surface area contributed by atoms with Crippen LogP contribution in [0.15, 0.2) is 93.5 Å². The molecule has 0 aliphatic rings. The van der Waals surface area contributed by atoms with Crippen molar-refractivity contribution in [2.24, 2.45) is 5.10 Å². The molecule has 11 heteroatoms. The molecule has 0 aliphatic carbocycles. The van der Waals surface area contributed by atoms with E-state index >= 15 is 0 Å². The first kappa shape index (κ1) is 21.7. The molecule has 0 saturated carbocycles. The highest BCUT2D eigenvalue weighted by molar-refractivity contribution is 7.92. The van der Waals surface area contributed by atoms with Gasteiger partial charge in [-0.2, -0.15) is 5.10 Å². The Morgan fingerprint density at radius 2 is 1.82 bits per heavy atom. The molecule has 0 spiro atoms. The third kappa shape index (κ3) is 4.65. The van der Waals surface area contributed by atoms with Crippen LogP contribution in [-0.2, 0) is 10.0 Å². The van der Waals surface area contributed by atoms with Crippen LogP contribution in [0.4, 0.5) is 11.1 Å². The third-order valence-electron chi connectivity index (χ3n) is 4.80. The molecule has 0 fully saturated rings. The molecule has 0 aliphatic heterocycles. The van der Waals surface area contributed by atoms with Gasteiger partial charge < -0.3 is 4.42 Å². The normalized spacial score (nSPS) is 12.1. The zero-order valence-corrected chi connectivity index (χ0v) is 19.5. The molecule has 5 rings (SSSR count). The van der Waals surface area contributed by atoms with Crippen LogP contribution in [0.25, 0.3) is 21.5 Å². The molecular formula is C23H18N6O3S2. The maximum absolute atomic E-state index is 12.7. The zero-order valence-electron chi connectivity index (χ0n) is 17.8. The Kier molecular flexibility index (Phi) is 5.78. The number of rotatable bonds is 7. The van der Waals surface area contributed by atoms with Gasteiger partial charge in [-0.25, -0.2) is 28.1 Å². The first-order valence-corrected chi connectivity index (χ1v) is 12.4. The van der Waals surface area contributed by atoms with E-state index in [1.54, 1.807) is 30.3 Å². The van der Waals surface area contributed by atoms with Crippen molar-refractivity contribution < 1.29 is 12.8 Å². The average Bonchev–Trinajstić information content (AvgIpc) is 3.50. The second-order valence-electron chi connectivity index (χ2n) is 7.17. The highest BCUT2D eigenvalue weighted by Gasteiger charge is 2.17. The summed E-state index contributed by atoms with van der Waals surface area (Å²) in [5.41, 5.74) is 5.11. The Bertz CT molecular complexity index is 1560. The lowest BCUT2D eigenvalue weighted by atomic mass is 10.2. The fourth-order valence-corrected chi connectivity index (χ4v) is 4.95. The number of hydrogen-bond acceptors (Lipinski definition) is 9. The molecule has 0 unspecified atom stereocenters. The van der Waals surface area contributed by atoms with Crippen molar-refractivity contribution in [3.05, 3.63) is 84.9 Å². The van der Waals surface area contributed by atoms with Crippen molar-refractivity contribution in [1.29, 1.82) is 0 Å². The van der Waals surface area contributed by atoms with E-state index in [0.717, 1.165) is 10.2 Å². The van der Waals surface area contributed by atoms with Gasteiger partial charge in [-0.05, 0) is 49.4 Å². The van der Waals surface area contributed by atoms with E-state index in [1.165, 1.54) is 35.9 Å². The molecule has 0 radical (unpaired) electrons. The van der Waals surface area contributed by atoms with Crippen LogP contribution in [0.5, 0.6) is 0 Å². The fourth-order valence-electron chi connectivity index (χ4n) is 3.14. The number of fused-ring (bicyclic) bond motifs is 1. The van der Waals surface area contributed by atoms with Crippen LogP contribution in [0.3, 0.4) is 0 Å². The Labute approximate surface area is 199 Å². The topological polar surface area (TPSA) is 122 Å². The maximum Gasteiger partial charge on any atom is 0.264 e. The number of aromatic nitrogens is 3. The highest BCUT2D eigenvalue weighted by Crippen LogP contribution is 2.27. The maximum atomic E-state index is 12.7. The smallest absolute Gasteiger partial charge is 0.264 e. The van der Waals surface area contributed by atoms with Gasteiger partial charge in [0, 0.05) is 18.0 Å². The van der Waals surface area contributed by atoms with E-state index in [1.807, 2.05) is 31.2 Å². The second-order valence-corrected chi connectivity index (χ2v) is 9.88. The molecular weight excluding hydrogens is 472 g/mol. The van der Waals surface area contributed by atoms with Gasteiger partial charge in [0.15, 0.2) is 5.76 Å². The van der Waals surface area contributed by atoms with Gasteiger partial charge in [-0.1, -0.05) is 35.6 Å². The molecule has 170 valence electrons. The Balaban J connectivity index is 1.34. The molecule has 9 nitrogen and oxygen atoms in total. The number of hydrogen-bond donors (Lipinski definition) is 2. The van der Waals surface area contributed by atoms with Crippen molar-refractivity contribution in [3.8, 4) is 11.3 Å². The van der Waals surface area contributed by atoms with E-state index in [2.05, 4.69) is 30.2 Å². The van der Waals surface area contributed by atoms with Crippen LogP contribution in [0.2, 0.25) is 0 Å². The van der Waals surface area contributed by atoms with Gasteiger partial charge in [0.25, 0.3) is 10.0 Å². The van der Waals surface area contributed by atoms with Crippen LogP contribution in [-0.4, -0.2) is 29.1 Å². The minimum Gasteiger partial charge on any atom is -0.455 e. The number of nitrogens with one attached hydrogen (secondary N) is 2. The van der Waals surface area contributed by atoms with Crippen molar-refractivity contribution in [1.82, 2.24) is 15.0 Å². The Hall–Kier alpha value is -4.09. The molecule has 5 aromatic rings. The van der Waals surface area contributed by atoms with E-state index in [0.29, 0.717) is 27.9 Å². The zero-order chi connectivity index (χ0) is 23.5. The number of thiazole rings is 1. The molecule has 3 heterocycles. The largest absolute Gasteiger partial charge is 0.455 e. The average molecular weight is 491 g/mol. The lowest BCUT2D eigenvalue weighted by Crippen LogP contribution is -2.14. The number of hydrazone groups is 1. The first-order valence-electron chi connectivity index (χ1n) is 10.1. The van der Waals surface area contributed by atoms with Gasteiger partial charge in [0.05, 0.1) is 15.1 Å². The highest BCUT2D eigenvalue weighted by atomic mass is 32.2. The van der Waals surface area contributed by atoms with E-state index in [4.69, 9.17) is 4.42 Å². The quantitative estimate of drug-likeness (QED) is 0.244. The van der Waals surface area contributed by atoms with Crippen molar-refractivity contribution >= 4 is 48.4 Å². The standard InChI is InChI=1S/C23H18N6O3S2/c1-15(27-28-23-26-18-8-2-3-9-21(18)33-23)19-10-11-20(32-19)16-6-4-7-17(14-16)34(30,31)29-22-24-12-5-13-25-22/h2-14H,1H3,(H,26,28)(H,24,25,29)/b27-15+. The van der Waals surface area contributed by atoms with Crippen molar-refractivity contribution in [2.45, 2.75) is 11.8 Å². The predicted octanol–water partition coefficient (Wildman–Crippen LogP) is 4.98. The number of anilines is 2. The lowest BCUT2D eigenvalue weighted by Gasteiger charge is -2.07. The number of nitrogens with zero attached hydrogens (tertiary/aromatic N) is 4. The van der Waals surface area contributed by atoms with Crippen LogP contribution in [0, 0.1) is 0 Å². The summed E-state index contributed by atoms with van der Waals surface area (Å²) in [6.07, 6.45) is 2.92. The summed E-state index contributed by atoms with van der Waals surface area (Å²) in [6.45, 7) is 1.81. The van der Waals surface area contributed by atoms with Crippen molar-refractivity contribution in [3.63, 3.8) is 0 Å². The van der Waals surface area contributed by atoms with Gasteiger partial charge in [-0.15, -0.1) is 0 Å². The van der Waals surface area contributed by atoms with Crippen LogP contribution in [0.1, 0.15) is 12.7 Å². The number of benzene rings is 2. The molecule has 3 aromatic heterocycles. The minimum absolute atomic E-state index is 0.000603. The van der Waals surface area contributed by atoms with Crippen LogP contribution >= 0.6 is 11.3 Å². The molecule has 0 amide bonds. The Morgan fingerprint density at radius 3 is 2.65 bits per heavy atom. The minimum atomic E-state index is -3.86. The lowest BCUT2D eigenvalue weighted by molar-refractivity contribution is 0.571. The summed E-state index contributed by atoms with van der Waals surface area (Å²) in [5, 5.41) is 5.05. The summed E-state index contributed by atoms with van der Waals surface area (Å²) in [7, 11) is -3.86. The van der Waals surface area contributed by atoms with Gasteiger partial charge in [-0.3, -0.25) is 5.43 Å². The van der Waals surface area contributed by atoms with E-state index < -0.39 is 10.0 Å². The molecule has 0 atom stereocenters. The van der Waals surface area contributed by atoms with Crippen LogP contribution < -0.4 is 10.1 Å². The second kappa shape index (κ2) is 9.04. The first-order chi connectivity index (χ1) is 16.5. The summed E-state index contributed by atoms with van der Waals surface area (Å²) in [5.74, 6) is 1.06. The summed E-state index contributed by atoms with van der Waals surface area (Å²) in [6, 6.07) is 19.5. The van der Waals surface area contributed by atoms with E-state index in [9.17, 15) is 8.42 Å². The van der Waals surface area contributed by atoms with Gasteiger partial charge >= 0.3 is 0 Å². The molecule has 0 saturated heterocycles. The summed E-state index contributed by atoms with van der Waals surface area (Å²) >= 11 is 1.51. The SMILES string of the molecule is C/C(=N\Nc1nc2ccccc2s1)c1ccc(-c2cccc(S(=O)(=O)Nc3ncccn3)c2)o1. The van der Waals surface area contributed by atoms with Gasteiger partial charge in [0.2, 0.25) is 11.1 Å². The monoisotopic (exact) mass is 490 g/mol. The molecule has 2 aromatic carbocycles. The summed E-state index contributed by atoms with van der Waals surface area (Å²) < 4.78 is 34.8. The number of furan rings is 1. The van der Waals surface area contributed by atoms with Gasteiger partial charge in [0.1, 0.15) is 11.5 Å². The third-order valence-corrected chi connectivity index (χ3v) is 7.06. The Morgan fingerprint density at radius 1 is 1.00 bits per heavy atom. The molecule has 2 N–H and O–H groups in total.